The second kappa shape index (κ2) is 9.65. The van der Waals surface area contributed by atoms with Crippen LogP contribution in [0.2, 0.25) is 0 Å². The molecule has 108 valence electrons. The zero-order valence-corrected chi connectivity index (χ0v) is 12.3. The summed E-state index contributed by atoms with van der Waals surface area (Å²) in [6, 6.07) is 0. The molecule has 0 aliphatic carbocycles. The van der Waals surface area contributed by atoms with Crippen molar-refractivity contribution in [1.29, 1.82) is 0 Å². The molecule has 1 aromatic rings. The van der Waals surface area contributed by atoms with E-state index >= 15 is 0 Å². The van der Waals surface area contributed by atoms with Gasteiger partial charge in [0.25, 0.3) is 0 Å². The minimum Gasteiger partial charge on any atom is -0.346 e. The highest BCUT2D eigenvalue weighted by atomic mass is 35.5. The number of nitrogens with zero attached hydrogens (tertiary/aromatic N) is 2. The Morgan fingerprint density at radius 1 is 1.32 bits per heavy atom. The maximum Gasteiger partial charge on any atom is 0.245 e. The first kappa shape index (κ1) is 17.8. The van der Waals surface area contributed by atoms with E-state index in [1.54, 1.807) is 0 Å². The van der Waals surface area contributed by atoms with Gasteiger partial charge in [-0.05, 0) is 6.42 Å². The third kappa shape index (κ3) is 7.04. The van der Waals surface area contributed by atoms with Crippen LogP contribution in [0.3, 0.4) is 0 Å². The summed E-state index contributed by atoms with van der Waals surface area (Å²) < 4.78 is 0. The van der Waals surface area contributed by atoms with Crippen molar-refractivity contribution < 1.29 is 9.59 Å². The molecule has 0 fully saturated rings. The Bertz CT molecular complexity index is 412. The molecule has 0 aliphatic heterocycles. The van der Waals surface area contributed by atoms with E-state index in [1.165, 1.54) is 11.3 Å². The number of hydrogen-bond acceptors (Lipinski definition) is 6. The third-order valence-corrected chi connectivity index (χ3v) is 2.99. The van der Waals surface area contributed by atoms with Gasteiger partial charge in [0.15, 0.2) is 0 Å². The standard InChI is InChI=1S/C10H17N5O2S.ClH/c1-2-3-4-9-14-15-10(18-9)13-8(17)6-12-7(16)5-11;/h2-6,11H2,1H3,(H,12,16)(H,13,15,17);1H. The number of carbonyl (C=O) groups is 2. The van der Waals surface area contributed by atoms with E-state index in [-0.39, 0.29) is 37.3 Å². The molecule has 0 atom stereocenters. The summed E-state index contributed by atoms with van der Waals surface area (Å²) in [7, 11) is 0. The summed E-state index contributed by atoms with van der Waals surface area (Å²) in [5.74, 6) is -0.707. The van der Waals surface area contributed by atoms with Crippen LogP contribution < -0.4 is 16.4 Å². The SMILES string of the molecule is CCCCc1nnc(NC(=O)CNC(=O)CN)s1.Cl. The molecule has 19 heavy (non-hydrogen) atoms. The minimum absolute atomic E-state index is 0. The number of unbranched alkanes of at least 4 members (excludes halogenated alkanes) is 1. The lowest BCUT2D eigenvalue weighted by atomic mass is 10.3. The number of amides is 2. The van der Waals surface area contributed by atoms with Gasteiger partial charge in [-0.15, -0.1) is 22.6 Å². The fraction of sp³-hybridized carbons (Fsp3) is 0.600. The van der Waals surface area contributed by atoms with Crippen LogP contribution >= 0.6 is 23.7 Å². The number of halogens is 1. The highest BCUT2D eigenvalue weighted by Crippen LogP contribution is 2.16. The number of nitrogens with one attached hydrogen (secondary N) is 2. The number of aryl methyl sites for hydroxylation is 1. The van der Waals surface area contributed by atoms with E-state index in [1.807, 2.05) is 0 Å². The van der Waals surface area contributed by atoms with Crippen molar-refractivity contribution in [2.75, 3.05) is 18.4 Å². The van der Waals surface area contributed by atoms with Crippen LogP contribution in [-0.2, 0) is 16.0 Å². The molecule has 4 N–H and O–H groups in total. The highest BCUT2D eigenvalue weighted by Gasteiger charge is 2.08. The summed E-state index contributed by atoms with van der Waals surface area (Å²) in [5.41, 5.74) is 5.10. The van der Waals surface area contributed by atoms with Gasteiger partial charge in [-0.1, -0.05) is 24.7 Å². The molecule has 1 heterocycles. The van der Waals surface area contributed by atoms with Crippen LogP contribution in [-0.4, -0.2) is 35.1 Å². The Labute approximate surface area is 121 Å². The predicted molar refractivity (Wildman–Crippen MR) is 76.5 cm³/mol. The zero-order chi connectivity index (χ0) is 13.4. The number of carbonyl (C=O) groups excluding carboxylic acids is 2. The van der Waals surface area contributed by atoms with Gasteiger partial charge in [-0.2, -0.15) is 0 Å². The molecule has 0 saturated carbocycles. The Hall–Kier alpha value is -1.25. The van der Waals surface area contributed by atoms with Crippen molar-refractivity contribution in [2.45, 2.75) is 26.2 Å². The van der Waals surface area contributed by atoms with Gasteiger partial charge >= 0.3 is 0 Å². The third-order valence-electron chi connectivity index (χ3n) is 2.09. The number of rotatable bonds is 7. The Kier molecular flexibility index (Phi) is 9.02. The molecule has 1 aromatic heterocycles. The Morgan fingerprint density at radius 3 is 2.68 bits per heavy atom. The monoisotopic (exact) mass is 307 g/mol. The lowest BCUT2D eigenvalue weighted by molar-refractivity contribution is -0.123. The second-order valence-corrected chi connectivity index (χ2v) is 4.70. The van der Waals surface area contributed by atoms with Gasteiger partial charge in [-0.3, -0.25) is 14.9 Å². The van der Waals surface area contributed by atoms with Gasteiger partial charge in [0.2, 0.25) is 16.9 Å². The fourth-order valence-electron chi connectivity index (χ4n) is 1.15. The lowest BCUT2D eigenvalue weighted by Crippen LogP contribution is -2.36. The van der Waals surface area contributed by atoms with E-state index in [2.05, 4.69) is 27.8 Å². The quantitative estimate of drug-likeness (QED) is 0.672. The first-order valence-electron chi connectivity index (χ1n) is 5.74. The van der Waals surface area contributed by atoms with Crippen LogP contribution in [0.15, 0.2) is 0 Å². The summed E-state index contributed by atoms with van der Waals surface area (Å²) in [6.45, 7) is 1.86. The molecule has 0 spiro atoms. The van der Waals surface area contributed by atoms with E-state index in [0.717, 1.165) is 24.3 Å². The van der Waals surface area contributed by atoms with Crippen molar-refractivity contribution in [3.63, 3.8) is 0 Å². The number of hydrogen-bond donors (Lipinski definition) is 3. The average molecular weight is 308 g/mol. The molecule has 0 aliphatic rings. The second-order valence-electron chi connectivity index (χ2n) is 3.63. The first-order chi connectivity index (χ1) is 8.65. The molecular formula is C10H18ClN5O2S. The maximum atomic E-state index is 11.4. The van der Waals surface area contributed by atoms with E-state index in [9.17, 15) is 9.59 Å². The molecule has 0 aromatic carbocycles. The molecule has 1 rings (SSSR count). The molecule has 0 unspecified atom stereocenters. The summed E-state index contributed by atoms with van der Waals surface area (Å²) >= 11 is 1.35. The van der Waals surface area contributed by atoms with Crippen molar-refractivity contribution >= 4 is 40.7 Å². The molecule has 7 nitrogen and oxygen atoms in total. The zero-order valence-electron chi connectivity index (χ0n) is 10.6. The van der Waals surface area contributed by atoms with Crippen LogP contribution in [0, 0.1) is 0 Å². The topological polar surface area (TPSA) is 110 Å². The van der Waals surface area contributed by atoms with Crippen LogP contribution in [0.4, 0.5) is 5.13 Å². The van der Waals surface area contributed by atoms with Gasteiger partial charge in [0.1, 0.15) is 5.01 Å². The van der Waals surface area contributed by atoms with Gasteiger partial charge in [0.05, 0.1) is 13.1 Å². The largest absolute Gasteiger partial charge is 0.346 e. The van der Waals surface area contributed by atoms with E-state index in [0.29, 0.717) is 5.13 Å². The van der Waals surface area contributed by atoms with Crippen molar-refractivity contribution in [1.82, 2.24) is 15.5 Å². The smallest absolute Gasteiger partial charge is 0.245 e. The van der Waals surface area contributed by atoms with Gasteiger partial charge in [-0.25, -0.2) is 0 Å². The maximum absolute atomic E-state index is 11.4. The van der Waals surface area contributed by atoms with Crippen molar-refractivity contribution in [2.24, 2.45) is 5.73 Å². The molecule has 0 saturated heterocycles. The Morgan fingerprint density at radius 2 is 2.05 bits per heavy atom. The number of aromatic nitrogens is 2. The molecule has 0 radical (unpaired) electrons. The highest BCUT2D eigenvalue weighted by molar-refractivity contribution is 7.15. The normalized spacial score (nSPS) is 9.58. The summed E-state index contributed by atoms with van der Waals surface area (Å²) in [4.78, 5) is 22.3. The van der Waals surface area contributed by atoms with E-state index < -0.39 is 0 Å². The van der Waals surface area contributed by atoms with Crippen molar-refractivity contribution in [3.8, 4) is 0 Å². The van der Waals surface area contributed by atoms with E-state index in [4.69, 9.17) is 5.73 Å². The molecule has 0 bridgehead atoms. The van der Waals surface area contributed by atoms with Crippen LogP contribution in [0.5, 0.6) is 0 Å². The Balaban J connectivity index is 0.00000324. The van der Waals surface area contributed by atoms with Gasteiger partial charge < -0.3 is 11.1 Å². The summed E-state index contributed by atoms with van der Waals surface area (Å²) in [6.07, 6.45) is 3.01. The lowest BCUT2D eigenvalue weighted by Gasteiger charge is -2.02. The average Bonchev–Trinajstić information content (AvgIpc) is 2.81. The number of anilines is 1. The van der Waals surface area contributed by atoms with Crippen LogP contribution in [0.25, 0.3) is 0 Å². The van der Waals surface area contributed by atoms with Crippen LogP contribution in [0.1, 0.15) is 24.8 Å². The number of nitrogens with two attached hydrogens (primary N) is 1. The fourth-order valence-corrected chi connectivity index (χ4v) is 1.95. The summed E-state index contributed by atoms with van der Waals surface area (Å²) in [5, 5.41) is 14.1. The molecule has 2 amide bonds. The van der Waals surface area contributed by atoms with Gasteiger partial charge in [0, 0.05) is 6.42 Å². The van der Waals surface area contributed by atoms with Crippen molar-refractivity contribution in [3.05, 3.63) is 5.01 Å². The molecular weight excluding hydrogens is 290 g/mol. The minimum atomic E-state index is -0.369. The predicted octanol–water partition coefficient (Wildman–Crippen LogP) is 0.316. The first-order valence-corrected chi connectivity index (χ1v) is 6.56. The molecule has 9 heteroatoms.